The molecule has 3 atom stereocenters. The van der Waals surface area contributed by atoms with Gasteiger partial charge in [0.15, 0.2) is 0 Å². The fourth-order valence-corrected chi connectivity index (χ4v) is 8.55. The molecule has 4 aromatic rings. The van der Waals surface area contributed by atoms with Gasteiger partial charge in [-0.3, -0.25) is 0 Å². The van der Waals surface area contributed by atoms with Gasteiger partial charge in [-0.15, -0.1) is 11.8 Å². The third-order valence-corrected chi connectivity index (χ3v) is 11.8. The van der Waals surface area contributed by atoms with Gasteiger partial charge in [-0.05, 0) is 140 Å². The van der Waals surface area contributed by atoms with Crippen molar-refractivity contribution in [3.63, 3.8) is 0 Å². The molecule has 0 nitrogen and oxygen atoms in total. The van der Waals surface area contributed by atoms with Crippen LogP contribution in [0.5, 0.6) is 0 Å². The molecule has 0 aliphatic heterocycles. The van der Waals surface area contributed by atoms with Crippen molar-refractivity contribution in [2.75, 3.05) is 6.26 Å². The summed E-state index contributed by atoms with van der Waals surface area (Å²) in [6.07, 6.45) is 47.2. The van der Waals surface area contributed by atoms with E-state index in [9.17, 15) is 0 Å². The van der Waals surface area contributed by atoms with Crippen LogP contribution in [-0.4, -0.2) is 6.26 Å². The van der Waals surface area contributed by atoms with Gasteiger partial charge in [-0.2, -0.15) is 0 Å². The number of thioether (sulfide) groups is 1. The minimum Gasteiger partial charge on any atom is -0.130 e. The summed E-state index contributed by atoms with van der Waals surface area (Å²) in [4.78, 5) is 1.21. The van der Waals surface area contributed by atoms with Crippen molar-refractivity contribution in [1.82, 2.24) is 0 Å². The normalized spacial score (nSPS) is 20.3. The van der Waals surface area contributed by atoms with Crippen LogP contribution in [0, 0.1) is 17.8 Å². The monoisotopic (exact) mass is 758 g/mol. The van der Waals surface area contributed by atoms with E-state index in [1.807, 2.05) is 26.0 Å². The molecule has 0 heterocycles. The Morgan fingerprint density at radius 2 is 1.44 bits per heavy atom. The first kappa shape index (κ1) is 39.6. The van der Waals surface area contributed by atoms with Crippen molar-refractivity contribution < 1.29 is 0 Å². The second-order valence-electron chi connectivity index (χ2n) is 14.7. The molecule has 1 fully saturated rings. The predicted octanol–water partition coefficient (Wildman–Crippen LogP) is 15.6. The Morgan fingerprint density at radius 1 is 0.737 bits per heavy atom. The first-order valence-electron chi connectivity index (χ1n) is 20.6. The molecule has 57 heavy (non-hydrogen) atoms. The minimum atomic E-state index is 0.267. The quantitative estimate of drug-likeness (QED) is 0.102. The van der Waals surface area contributed by atoms with Crippen LogP contribution in [0.3, 0.4) is 0 Å². The van der Waals surface area contributed by atoms with E-state index in [0.717, 1.165) is 19.3 Å². The lowest BCUT2D eigenvalue weighted by atomic mass is 9.78. The topological polar surface area (TPSA) is 0 Å². The highest BCUT2D eigenvalue weighted by Crippen LogP contribution is 2.47. The highest BCUT2D eigenvalue weighted by atomic mass is 32.2. The van der Waals surface area contributed by atoms with Crippen molar-refractivity contribution >= 4 is 51.9 Å². The average molecular weight is 759 g/mol. The molecule has 3 unspecified atom stereocenters. The molecule has 0 saturated heterocycles. The fraction of sp³-hybridized carbons (Fsp3) is 0.179. The molecule has 1 saturated carbocycles. The lowest BCUT2D eigenvalue weighted by Crippen LogP contribution is -2.10. The van der Waals surface area contributed by atoms with Crippen LogP contribution >= 0.6 is 11.8 Å². The summed E-state index contributed by atoms with van der Waals surface area (Å²) in [7, 11) is 0. The van der Waals surface area contributed by atoms with Gasteiger partial charge in [0.25, 0.3) is 0 Å². The Labute approximate surface area is 345 Å². The van der Waals surface area contributed by atoms with Crippen molar-refractivity contribution in [2.24, 2.45) is 17.8 Å². The van der Waals surface area contributed by atoms with E-state index >= 15 is 0 Å². The van der Waals surface area contributed by atoms with Crippen LogP contribution in [0.1, 0.15) is 66.5 Å². The van der Waals surface area contributed by atoms with E-state index in [1.54, 1.807) is 17.8 Å². The third-order valence-electron chi connectivity index (χ3n) is 11.1. The Morgan fingerprint density at radius 3 is 2.12 bits per heavy atom. The van der Waals surface area contributed by atoms with Gasteiger partial charge in [0.1, 0.15) is 0 Å². The summed E-state index contributed by atoms with van der Waals surface area (Å²) >= 11 is 1.76. The van der Waals surface area contributed by atoms with Crippen molar-refractivity contribution in [2.45, 2.75) is 39.5 Å². The summed E-state index contributed by atoms with van der Waals surface area (Å²) in [5.74, 6) is 1.65. The van der Waals surface area contributed by atoms with E-state index in [4.69, 9.17) is 0 Å². The zero-order chi connectivity index (χ0) is 39.4. The molecule has 284 valence electrons. The second kappa shape index (κ2) is 19.5. The Hall–Kier alpha value is -5.63. The summed E-state index contributed by atoms with van der Waals surface area (Å²) in [6.45, 7) is 7.78. The van der Waals surface area contributed by atoms with Crippen molar-refractivity contribution in [1.29, 1.82) is 0 Å². The number of hydrogen-bond donors (Lipinski definition) is 0. The van der Waals surface area contributed by atoms with E-state index in [2.05, 4.69) is 189 Å². The van der Waals surface area contributed by atoms with Crippen molar-refractivity contribution in [3.05, 3.63) is 232 Å². The largest absolute Gasteiger partial charge is 0.130 e. The van der Waals surface area contributed by atoms with Crippen LogP contribution in [-0.2, 0) is 6.42 Å². The average Bonchev–Trinajstić information content (AvgIpc) is 4.07. The number of benzene rings is 4. The summed E-state index contributed by atoms with van der Waals surface area (Å²) in [6, 6.07) is 31.1. The molecule has 0 amide bonds. The van der Waals surface area contributed by atoms with Crippen LogP contribution in [0.15, 0.2) is 199 Å². The standard InChI is InChI=1S/C54H48S.C2H6/c1-3-4-5-15-26-46(55-2)27-18-19-39-30-33-49-52(34-39)54(37-50(40-20-9-6-10-21-40)41-22-11-7-12-23-41)48-29-17-16-28-47(48)53(49)38-51(42-24-13-8-14-25-42)44-32-31-43-35-45(43)36-44;1-2/h3-11,13-22,24-33,36-39,43,45H,1,12,23,34-35H2,2H3;1-2H3/b5-4-,19-18+,26-15+,46-27-,50-37-,51-38+;. The molecular weight excluding hydrogens is 705 g/mol. The van der Waals surface area contributed by atoms with Gasteiger partial charge >= 0.3 is 0 Å². The lowest BCUT2D eigenvalue weighted by Gasteiger charge is -2.25. The number of allylic oxidation sites excluding steroid dienone is 19. The smallest absolute Gasteiger partial charge is 0.00690 e. The molecular formula is C56H54S. The molecule has 4 aliphatic carbocycles. The van der Waals surface area contributed by atoms with Gasteiger partial charge in [0.2, 0.25) is 0 Å². The molecule has 0 aromatic heterocycles. The minimum absolute atomic E-state index is 0.267. The molecule has 8 rings (SSSR count). The first-order chi connectivity index (χ1) is 28.2. The second-order valence-corrected chi connectivity index (χ2v) is 15.6. The third kappa shape index (κ3) is 9.50. The predicted molar refractivity (Wildman–Crippen MR) is 255 cm³/mol. The van der Waals surface area contributed by atoms with Crippen LogP contribution in [0.2, 0.25) is 0 Å². The zero-order valence-electron chi connectivity index (χ0n) is 33.7. The number of fused-ring (bicyclic) bond motifs is 3. The van der Waals surface area contributed by atoms with E-state index in [-0.39, 0.29) is 5.92 Å². The SMILES string of the molecule is C=C\C=C/C=C/C(=C/C=C/C1C=Cc2c(c(/C=C(\C3=CC=CCC3)c3ccccc3)c3ccccc3c2/C=C(/C2=CC3CC3C=C2)c2ccccc2)C1)SC.CC. The molecule has 1 heteroatoms. The highest BCUT2D eigenvalue weighted by molar-refractivity contribution is 8.02. The zero-order valence-corrected chi connectivity index (χ0v) is 34.5. The molecule has 4 aromatic carbocycles. The maximum Gasteiger partial charge on any atom is 0.00690 e. The number of rotatable bonds is 12. The maximum absolute atomic E-state index is 3.78. The molecule has 0 radical (unpaired) electrons. The summed E-state index contributed by atoms with van der Waals surface area (Å²) < 4.78 is 0. The molecule has 0 N–H and O–H groups in total. The first-order valence-corrected chi connectivity index (χ1v) is 21.9. The van der Waals surface area contributed by atoms with E-state index in [0.29, 0.717) is 11.8 Å². The van der Waals surface area contributed by atoms with Gasteiger partial charge in [-0.25, -0.2) is 0 Å². The van der Waals surface area contributed by atoms with Gasteiger partial charge in [-0.1, -0.05) is 190 Å². The summed E-state index contributed by atoms with van der Waals surface area (Å²) in [5.41, 5.74) is 13.2. The van der Waals surface area contributed by atoms with Gasteiger partial charge < -0.3 is 0 Å². The van der Waals surface area contributed by atoms with Crippen LogP contribution < -0.4 is 0 Å². The molecule has 0 bridgehead atoms. The summed E-state index contributed by atoms with van der Waals surface area (Å²) in [5, 5.41) is 2.59. The Balaban J connectivity index is 0.00000244. The number of hydrogen-bond acceptors (Lipinski definition) is 1. The van der Waals surface area contributed by atoms with Gasteiger partial charge in [0, 0.05) is 4.91 Å². The van der Waals surface area contributed by atoms with Crippen LogP contribution in [0.4, 0.5) is 0 Å². The van der Waals surface area contributed by atoms with Gasteiger partial charge in [0.05, 0.1) is 0 Å². The fourth-order valence-electron chi connectivity index (χ4n) is 8.12. The Bertz CT molecular complexity index is 2410. The van der Waals surface area contributed by atoms with E-state index in [1.165, 1.54) is 77.8 Å². The van der Waals surface area contributed by atoms with Crippen molar-refractivity contribution in [3.8, 4) is 0 Å². The van der Waals surface area contributed by atoms with Crippen LogP contribution in [0.25, 0.3) is 40.1 Å². The maximum atomic E-state index is 3.78. The molecule has 0 spiro atoms. The highest BCUT2D eigenvalue weighted by Gasteiger charge is 2.35. The lowest BCUT2D eigenvalue weighted by molar-refractivity contribution is 0.795. The Kier molecular flexibility index (Phi) is 13.5. The van der Waals surface area contributed by atoms with E-state index < -0.39 is 0 Å². The molecule has 4 aliphatic rings.